The van der Waals surface area contributed by atoms with E-state index in [0.29, 0.717) is 18.4 Å². The third kappa shape index (κ3) is 2.26. The molecule has 1 aromatic carbocycles. The molecule has 0 aromatic heterocycles. The average molecular weight is 267 g/mol. The predicted octanol–water partition coefficient (Wildman–Crippen LogP) is 3.52. The van der Waals surface area contributed by atoms with Gasteiger partial charge in [-0.1, -0.05) is 12.1 Å². The van der Waals surface area contributed by atoms with Crippen LogP contribution in [-0.4, -0.2) is 13.2 Å². The second-order valence-electron chi connectivity index (χ2n) is 4.86. The van der Waals surface area contributed by atoms with Crippen LogP contribution in [0.4, 0.5) is 8.78 Å². The number of ether oxygens (including phenoxy) is 1. The van der Waals surface area contributed by atoms with Crippen LogP contribution in [0.1, 0.15) is 37.3 Å². The molecule has 1 fully saturated rings. The standard InChI is InChI=1S/C14H15F2NO2/c1-13(15,16)12-10(5-3-6-11(12)19-2)14(17-9-18)7-4-8-14/h3,5-6H,4,7-8H2,1-2H3. The van der Waals surface area contributed by atoms with Crippen LogP contribution in [0.3, 0.4) is 0 Å². The monoisotopic (exact) mass is 267 g/mol. The fraction of sp³-hybridized carbons (Fsp3) is 0.500. The molecule has 5 heteroatoms. The van der Waals surface area contributed by atoms with E-state index in [1.807, 2.05) is 0 Å². The fourth-order valence-corrected chi connectivity index (χ4v) is 2.58. The molecule has 0 N–H and O–H groups in total. The summed E-state index contributed by atoms with van der Waals surface area (Å²) in [5, 5.41) is 0. The Bertz CT molecular complexity index is 527. The van der Waals surface area contributed by atoms with Crippen LogP contribution in [-0.2, 0) is 16.3 Å². The van der Waals surface area contributed by atoms with Gasteiger partial charge in [0.05, 0.1) is 18.2 Å². The lowest BCUT2D eigenvalue weighted by molar-refractivity contribution is 0.0117. The second-order valence-corrected chi connectivity index (χ2v) is 4.86. The summed E-state index contributed by atoms with van der Waals surface area (Å²) in [4.78, 5) is 14.4. The van der Waals surface area contributed by atoms with Crippen molar-refractivity contribution in [1.82, 2.24) is 0 Å². The Kier molecular flexibility index (Phi) is 3.42. The number of hydrogen-bond acceptors (Lipinski definition) is 3. The Hall–Kier alpha value is -1.74. The van der Waals surface area contributed by atoms with Crippen LogP contribution in [0.15, 0.2) is 23.2 Å². The van der Waals surface area contributed by atoms with Crippen LogP contribution in [0.5, 0.6) is 5.75 Å². The lowest BCUT2D eigenvalue weighted by Gasteiger charge is -2.39. The van der Waals surface area contributed by atoms with E-state index in [1.54, 1.807) is 12.1 Å². The molecule has 1 aromatic rings. The highest BCUT2D eigenvalue weighted by atomic mass is 19.3. The zero-order valence-corrected chi connectivity index (χ0v) is 10.9. The van der Waals surface area contributed by atoms with Gasteiger partial charge in [0.15, 0.2) is 0 Å². The Labute approximate surface area is 110 Å². The van der Waals surface area contributed by atoms with Crippen molar-refractivity contribution in [3.05, 3.63) is 29.3 Å². The SMILES string of the molecule is COc1cccc(C2(N=C=O)CCC2)c1C(C)(F)F. The summed E-state index contributed by atoms with van der Waals surface area (Å²) in [7, 11) is 1.35. The third-order valence-electron chi connectivity index (χ3n) is 3.63. The minimum Gasteiger partial charge on any atom is -0.496 e. The molecule has 1 aliphatic carbocycles. The molecule has 0 atom stereocenters. The Morgan fingerprint density at radius 2 is 2.11 bits per heavy atom. The Morgan fingerprint density at radius 1 is 1.42 bits per heavy atom. The number of alkyl halides is 2. The normalized spacial score (nSPS) is 17.3. The highest BCUT2D eigenvalue weighted by Gasteiger charge is 2.45. The quantitative estimate of drug-likeness (QED) is 0.618. The molecule has 2 rings (SSSR count). The molecular weight excluding hydrogens is 252 g/mol. The first-order chi connectivity index (χ1) is 8.94. The summed E-state index contributed by atoms with van der Waals surface area (Å²) in [5.74, 6) is -2.93. The van der Waals surface area contributed by atoms with E-state index >= 15 is 0 Å². The summed E-state index contributed by atoms with van der Waals surface area (Å²) in [6, 6.07) is 4.73. The van der Waals surface area contributed by atoms with E-state index in [1.165, 1.54) is 19.3 Å². The van der Waals surface area contributed by atoms with Gasteiger partial charge < -0.3 is 4.74 Å². The lowest BCUT2D eigenvalue weighted by Crippen LogP contribution is -2.34. The number of carbonyl (C=O) groups excluding carboxylic acids is 1. The summed E-state index contributed by atoms with van der Waals surface area (Å²) >= 11 is 0. The molecule has 102 valence electrons. The number of aliphatic imine (C=N–C) groups is 1. The summed E-state index contributed by atoms with van der Waals surface area (Å²) < 4.78 is 32.8. The van der Waals surface area contributed by atoms with Crippen molar-refractivity contribution in [2.75, 3.05) is 7.11 Å². The van der Waals surface area contributed by atoms with Gasteiger partial charge in [-0.2, -0.15) is 4.99 Å². The molecule has 0 spiro atoms. The van der Waals surface area contributed by atoms with Gasteiger partial charge in [-0.05, 0) is 30.9 Å². The van der Waals surface area contributed by atoms with Crippen molar-refractivity contribution in [2.24, 2.45) is 4.99 Å². The maximum atomic E-state index is 13.9. The lowest BCUT2D eigenvalue weighted by atomic mass is 9.70. The van der Waals surface area contributed by atoms with E-state index in [-0.39, 0.29) is 11.3 Å². The molecule has 0 aliphatic heterocycles. The highest BCUT2D eigenvalue weighted by Crippen LogP contribution is 2.50. The van der Waals surface area contributed by atoms with Crippen molar-refractivity contribution >= 4 is 6.08 Å². The first-order valence-electron chi connectivity index (χ1n) is 6.09. The maximum Gasteiger partial charge on any atom is 0.274 e. The third-order valence-corrected chi connectivity index (χ3v) is 3.63. The molecule has 0 unspecified atom stereocenters. The molecule has 0 bridgehead atoms. The molecule has 0 heterocycles. The van der Waals surface area contributed by atoms with E-state index in [4.69, 9.17) is 4.74 Å². The molecule has 0 radical (unpaired) electrons. The number of hydrogen-bond donors (Lipinski definition) is 0. The van der Waals surface area contributed by atoms with Gasteiger partial charge in [0, 0.05) is 6.92 Å². The van der Waals surface area contributed by atoms with Crippen molar-refractivity contribution in [3.63, 3.8) is 0 Å². The second kappa shape index (κ2) is 4.74. The molecule has 3 nitrogen and oxygen atoms in total. The predicted molar refractivity (Wildman–Crippen MR) is 66.2 cm³/mol. The molecule has 0 saturated heterocycles. The average Bonchev–Trinajstić information content (AvgIpc) is 2.31. The van der Waals surface area contributed by atoms with E-state index in [9.17, 15) is 13.6 Å². The Morgan fingerprint density at radius 3 is 2.53 bits per heavy atom. The van der Waals surface area contributed by atoms with Crippen LogP contribution in [0, 0.1) is 0 Å². The molecular formula is C14H15F2NO2. The topological polar surface area (TPSA) is 38.7 Å². The van der Waals surface area contributed by atoms with E-state index < -0.39 is 11.5 Å². The number of isocyanates is 1. The van der Waals surface area contributed by atoms with Gasteiger partial charge in [-0.3, -0.25) is 0 Å². The minimum absolute atomic E-state index is 0.123. The number of benzene rings is 1. The largest absolute Gasteiger partial charge is 0.496 e. The van der Waals surface area contributed by atoms with E-state index in [0.717, 1.165) is 13.3 Å². The van der Waals surface area contributed by atoms with Gasteiger partial charge in [0.1, 0.15) is 5.75 Å². The van der Waals surface area contributed by atoms with Crippen molar-refractivity contribution in [1.29, 1.82) is 0 Å². The number of rotatable bonds is 4. The van der Waals surface area contributed by atoms with Gasteiger partial charge >= 0.3 is 0 Å². The Balaban J connectivity index is 2.66. The maximum absolute atomic E-state index is 13.9. The summed E-state index contributed by atoms with van der Waals surface area (Å²) in [6.45, 7) is 0.825. The van der Waals surface area contributed by atoms with Crippen LogP contribution in [0.2, 0.25) is 0 Å². The molecule has 0 amide bonds. The van der Waals surface area contributed by atoms with Crippen LogP contribution in [0.25, 0.3) is 0 Å². The van der Waals surface area contributed by atoms with Gasteiger partial charge in [-0.15, -0.1) is 0 Å². The van der Waals surface area contributed by atoms with Gasteiger partial charge in [0.2, 0.25) is 6.08 Å². The smallest absolute Gasteiger partial charge is 0.274 e. The zero-order chi connectivity index (χ0) is 14.1. The first kappa shape index (κ1) is 13.7. The number of methoxy groups -OCH3 is 1. The van der Waals surface area contributed by atoms with Crippen molar-refractivity contribution in [3.8, 4) is 5.75 Å². The van der Waals surface area contributed by atoms with Gasteiger partial charge in [0.25, 0.3) is 5.92 Å². The minimum atomic E-state index is -3.05. The van der Waals surface area contributed by atoms with Crippen molar-refractivity contribution in [2.45, 2.75) is 37.6 Å². The molecule has 19 heavy (non-hydrogen) atoms. The zero-order valence-electron chi connectivity index (χ0n) is 10.9. The molecule has 1 aliphatic rings. The number of nitrogens with zero attached hydrogens (tertiary/aromatic N) is 1. The first-order valence-corrected chi connectivity index (χ1v) is 6.09. The van der Waals surface area contributed by atoms with Crippen LogP contribution >= 0.6 is 0 Å². The highest BCUT2D eigenvalue weighted by molar-refractivity contribution is 5.49. The summed E-state index contributed by atoms with van der Waals surface area (Å²) in [5.41, 5.74) is -0.671. The van der Waals surface area contributed by atoms with Crippen molar-refractivity contribution < 1.29 is 18.3 Å². The molecule has 1 saturated carbocycles. The summed E-state index contributed by atoms with van der Waals surface area (Å²) in [6.07, 6.45) is 3.54. The fourth-order valence-electron chi connectivity index (χ4n) is 2.58. The van der Waals surface area contributed by atoms with E-state index in [2.05, 4.69) is 4.99 Å². The van der Waals surface area contributed by atoms with Gasteiger partial charge in [-0.25, -0.2) is 13.6 Å². The number of halogens is 2. The van der Waals surface area contributed by atoms with Crippen LogP contribution < -0.4 is 4.74 Å².